The zero-order valence-corrected chi connectivity index (χ0v) is 14.6. The normalized spacial score (nSPS) is 16.8. The number of benzene rings is 1. The number of ketones is 1. The van der Waals surface area contributed by atoms with E-state index < -0.39 is 0 Å². The number of anilines is 2. The highest BCUT2D eigenvalue weighted by molar-refractivity contribution is 7.19. The molecule has 2 aromatic heterocycles. The van der Waals surface area contributed by atoms with Gasteiger partial charge in [-0.1, -0.05) is 6.92 Å². The Labute approximate surface area is 145 Å². The van der Waals surface area contributed by atoms with Gasteiger partial charge in [0, 0.05) is 16.1 Å². The molecule has 122 valence electrons. The molecule has 1 N–H and O–H groups in total. The average Bonchev–Trinajstić information content (AvgIpc) is 2.93. The standard InChI is InChI=1S/C19H19N3OS/c1-11-3-8-15-16(9-11)24-19-17(15)18(20-10-21-19)22-14-6-4-13(5-7-14)12(2)23/h4-7,10-11H,3,8-9H2,1-2H3,(H,20,21,22)/t11-/m1/s1. The molecule has 1 atom stereocenters. The first-order valence-electron chi connectivity index (χ1n) is 8.25. The van der Waals surface area contributed by atoms with Crippen molar-refractivity contribution < 1.29 is 4.79 Å². The van der Waals surface area contributed by atoms with Crippen LogP contribution in [-0.2, 0) is 12.8 Å². The minimum atomic E-state index is 0.0759. The number of Topliss-reactive ketones (excluding diaryl/α,β-unsaturated/α-hetero) is 1. The molecule has 3 aromatic rings. The van der Waals surface area contributed by atoms with Crippen molar-refractivity contribution in [2.45, 2.75) is 33.1 Å². The number of nitrogens with one attached hydrogen (secondary N) is 1. The second kappa shape index (κ2) is 5.98. The third-order valence-corrected chi connectivity index (χ3v) is 5.81. The fraction of sp³-hybridized carbons (Fsp3) is 0.316. The van der Waals surface area contributed by atoms with Crippen LogP contribution in [0.4, 0.5) is 11.5 Å². The molecule has 4 nitrogen and oxygen atoms in total. The molecule has 0 amide bonds. The minimum absolute atomic E-state index is 0.0759. The van der Waals surface area contributed by atoms with Crippen molar-refractivity contribution in [3.8, 4) is 0 Å². The Kier molecular flexibility index (Phi) is 3.81. The molecule has 0 radical (unpaired) electrons. The number of rotatable bonds is 3. The van der Waals surface area contributed by atoms with Crippen LogP contribution in [0.1, 0.15) is 41.1 Å². The van der Waals surface area contributed by atoms with E-state index in [1.54, 1.807) is 24.6 Å². The van der Waals surface area contributed by atoms with Gasteiger partial charge in [0.15, 0.2) is 5.78 Å². The molecule has 0 spiro atoms. The third-order valence-electron chi connectivity index (χ3n) is 4.65. The van der Waals surface area contributed by atoms with Gasteiger partial charge in [0.2, 0.25) is 0 Å². The summed E-state index contributed by atoms with van der Waals surface area (Å²) < 4.78 is 0. The summed E-state index contributed by atoms with van der Waals surface area (Å²) in [6, 6.07) is 7.53. The van der Waals surface area contributed by atoms with Gasteiger partial charge in [-0.25, -0.2) is 9.97 Å². The lowest BCUT2D eigenvalue weighted by atomic mass is 9.89. The Morgan fingerprint density at radius 3 is 2.79 bits per heavy atom. The molecular weight excluding hydrogens is 318 g/mol. The van der Waals surface area contributed by atoms with Crippen molar-refractivity contribution in [1.29, 1.82) is 0 Å². The van der Waals surface area contributed by atoms with Crippen LogP contribution >= 0.6 is 11.3 Å². The highest BCUT2D eigenvalue weighted by Gasteiger charge is 2.23. The predicted molar refractivity (Wildman–Crippen MR) is 98.3 cm³/mol. The van der Waals surface area contributed by atoms with Crippen molar-refractivity contribution in [2.24, 2.45) is 5.92 Å². The summed E-state index contributed by atoms with van der Waals surface area (Å²) >= 11 is 1.80. The quantitative estimate of drug-likeness (QED) is 0.700. The molecule has 0 saturated heterocycles. The molecule has 1 aromatic carbocycles. The van der Waals surface area contributed by atoms with Gasteiger partial charge in [-0.2, -0.15) is 0 Å². The van der Waals surface area contributed by atoms with Gasteiger partial charge in [0.05, 0.1) is 5.39 Å². The van der Waals surface area contributed by atoms with Crippen LogP contribution in [0.5, 0.6) is 0 Å². The number of thiophene rings is 1. The van der Waals surface area contributed by atoms with Gasteiger partial charge in [-0.15, -0.1) is 11.3 Å². The van der Waals surface area contributed by atoms with Crippen LogP contribution in [0.15, 0.2) is 30.6 Å². The Bertz CT molecular complexity index is 914. The van der Waals surface area contributed by atoms with E-state index in [2.05, 4.69) is 22.2 Å². The molecule has 1 aliphatic rings. The van der Waals surface area contributed by atoms with E-state index in [0.29, 0.717) is 0 Å². The lowest BCUT2D eigenvalue weighted by molar-refractivity contribution is 0.101. The Morgan fingerprint density at radius 1 is 1.25 bits per heavy atom. The van der Waals surface area contributed by atoms with Gasteiger partial charge in [-0.05, 0) is 61.9 Å². The van der Waals surface area contributed by atoms with Crippen LogP contribution in [0, 0.1) is 5.92 Å². The number of carbonyl (C=O) groups excluding carboxylic acids is 1. The second-order valence-corrected chi connectivity index (χ2v) is 7.60. The van der Waals surface area contributed by atoms with Crippen molar-refractivity contribution in [2.75, 3.05) is 5.32 Å². The Balaban J connectivity index is 1.73. The van der Waals surface area contributed by atoms with Crippen LogP contribution < -0.4 is 5.32 Å². The number of aryl methyl sites for hydroxylation is 1. The van der Waals surface area contributed by atoms with Gasteiger partial charge in [0.1, 0.15) is 17.0 Å². The fourth-order valence-electron chi connectivity index (χ4n) is 3.29. The molecule has 0 bridgehead atoms. The van der Waals surface area contributed by atoms with Gasteiger partial charge in [-0.3, -0.25) is 4.79 Å². The number of fused-ring (bicyclic) bond motifs is 3. The number of aromatic nitrogens is 2. The van der Waals surface area contributed by atoms with E-state index in [9.17, 15) is 4.79 Å². The first-order valence-corrected chi connectivity index (χ1v) is 9.06. The topological polar surface area (TPSA) is 54.9 Å². The summed E-state index contributed by atoms with van der Waals surface area (Å²) in [7, 11) is 0. The van der Waals surface area contributed by atoms with Crippen molar-refractivity contribution >= 4 is 38.8 Å². The van der Waals surface area contributed by atoms with Gasteiger partial charge < -0.3 is 5.32 Å². The summed E-state index contributed by atoms with van der Waals surface area (Å²) in [6.45, 7) is 3.89. The SMILES string of the molecule is CC(=O)c1ccc(Nc2ncnc3sc4c(c23)CC[C@@H](C)C4)cc1. The molecular formula is C19H19N3OS. The molecule has 0 saturated carbocycles. The monoisotopic (exact) mass is 337 g/mol. The van der Waals surface area contributed by atoms with Crippen LogP contribution in [0.25, 0.3) is 10.2 Å². The molecule has 4 rings (SSSR count). The van der Waals surface area contributed by atoms with Crippen molar-refractivity contribution in [3.63, 3.8) is 0 Å². The molecule has 5 heteroatoms. The molecule has 0 aliphatic heterocycles. The second-order valence-electron chi connectivity index (χ2n) is 6.51. The predicted octanol–water partition coefficient (Wildman–Crippen LogP) is 4.76. The summed E-state index contributed by atoms with van der Waals surface area (Å²) in [6.07, 6.45) is 5.09. The van der Waals surface area contributed by atoms with E-state index in [-0.39, 0.29) is 5.78 Å². The smallest absolute Gasteiger partial charge is 0.159 e. The Hall–Kier alpha value is -2.27. The van der Waals surface area contributed by atoms with E-state index in [0.717, 1.165) is 40.7 Å². The minimum Gasteiger partial charge on any atom is -0.340 e. The number of nitrogens with zero attached hydrogens (tertiary/aromatic N) is 2. The summed E-state index contributed by atoms with van der Waals surface area (Å²) in [4.78, 5) is 22.9. The lowest BCUT2D eigenvalue weighted by Crippen LogP contribution is -2.09. The Morgan fingerprint density at radius 2 is 2.04 bits per heavy atom. The van der Waals surface area contributed by atoms with Crippen molar-refractivity contribution in [1.82, 2.24) is 9.97 Å². The molecule has 0 fully saturated rings. The van der Waals surface area contributed by atoms with E-state index in [1.807, 2.05) is 24.3 Å². The molecule has 1 aliphatic carbocycles. The zero-order valence-electron chi connectivity index (χ0n) is 13.8. The molecule has 24 heavy (non-hydrogen) atoms. The third kappa shape index (κ3) is 2.69. The first kappa shape index (κ1) is 15.3. The van der Waals surface area contributed by atoms with Crippen LogP contribution in [0.3, 0.4) is 0 Å². The van der Waals surface area contributed by atoms with Crippen molar-refractivity contribution in [3.05, 3.63) is 46.6 Å². The van der Waals surface area contributed by atoms with E-state index in [4.69, 9.17) is 0 Å². The lowest BCUT2D eigenvalue weighted by Gasteiger charge is -2.18. The van der Waals surface area contributed by atoms with Gasteiger partial charge in [0.25, 0.3) is 0 Å². The molecule has 0 unspecified atom stereocenters. The van der Waals surface area contributed by atoms with E-state index in [1.165, 1.54) is 22.2 Å². The number of hydrogen-bond donors (Lipinski definition) is 1. The van der Waals surface area contributed by atoms with Crippen LogP contribution in [-0.4, -0.2) is 15.8 Å². The first-order chi connectivity index (χ1) is 11.6. The molecule has 2 heterocycles. The number of carbonyl (C=O) groups is 1. The highest BCUT2D eigenvalue weighted by atomic mass is 32.1. The average molecular weight is 337 g/mol. The summed E-state index contributed by atoms with van der Waals surface area (Å²) in [5.41, 5.74) is 3.07. The van der Waals surface area contributed by atoms with E-state index >= 15 is 0 Å². The highest BCUT2D eigenvalue weighted by Crippen LogP contribution is 2.40. The fourth-order valence-corrected chi connectivity index (χ4v) is 4.65. The maximum absolute atomic E-state index is 11.4. The maximum atomic E-state index is 11.4. The zero-order chi connectivity index (χ0) is 16.7. The number of hydrogen-bond acceptors (Lipinski definition) is 5. The largest absolute Gasteiger partial charge is 0.340 e. The maximum Gasteiger partial charge on any atom is 0.159 e. The van der Waals surface area contributed by atoms with Crippen LogP contribution in [0.2, 0.25) is 0 Å². The van der Waals surface area contributed by atoms with Gasteiger partial charge >= 0.3 is 0 Å². The summed E-state index contributed by atoms with van der Waals surface area (Å²) in [5.74, 6) is 1.68. The summed E-state index contributed by atoms with van der Waals surface area (Å²) in [5, 5.41) is 4.57.